The number of nitrogens with zero attached hydrogens (tertiary/aromatic N) is 3. The predicted molar refractivity (Wildman–Crippen MR) is 85.7 cm³/mol. The number of unbranched alkanes of at least 4 members (excludes halogenated alkanes) is 1. The smallest absolute Gasteiger partial charge is 0.346 e. The number of hydrogen-bond donors (Lipinski definition) is 2. The highest BCUT2D eigenvalue weighted by molar-refractivity contribution is 5.49. The van der Waals surface area contributed by atoms with Crippen molar-refractivity contribution in [2.45, 2.75) is 25.7 Å². The van der Waals surface area contributed by atoms with Gasteiger partial charge in [0, 0.05) is 23.4 Å². The van der Waals surface area contributed by atoms with Crippen molar-refractivity contribution in [2.75, 3.05) is 5.73 Å². The van der Waals surface area contributed by atoms with E-state index in [4.69, 9.17) is 5.73 Å². The van der Waals surface area contributed by atoms with Gasteiger partial charge in [-0.25, -0.2) is 9.78 Å². The minimum Gasteiger partial charge on any atom is -0.385 e. The molecule has 1 aromatic carbocycles. The fraction of sp³-hybridized carbons (Fsp3) is 0.286. The van der Waals surface area contributed by atoms with Crippen LogP contribution in [-0.2, 0) is 12.8 Å². The Morgan fingerprint density at radius 3 is 2.33 bits per heavy atom. The van der Waals surface area contributed by atoms with Crippen molar-refractivity contribution >= 4 is 17.2 Å². The molecule has 0 unspecified atom stereocenters. The van der Waals surface area contributed by atoms with E-state index in [2.05, 4.69) is 9.97 Å². The topological polar surface area (TPSA) is 158 Å². The molecule has 0 saturated carbocycles. The summed E-state index contributed by atoms with van der Waals surface area (Å²) < 4.78 is 0. The first-order chi connectivity index (χ1) is 11.4. The van der Waals surface area contributed by atoms with Crippen LogP contribution in [0.3, 0.4) is 0 Å². The second-order valence-electron chi connectivity index (χ2n) is 5.16. The molecule has 2 rings (SSSR count). The summed E-state index contributed by atoms with van der Waals surface area (Å²) >= 11 is 0. The van der Waals surface area contributed by atoms with Gasteiger partial charge in [0.1, 0.15) is 5.82 Å². The average molecular weight is 333 g/mol. The maximum Gasteiger partial charge on any atom is 0.346 e. The van der Waals surface area contributed by atoms with Gasteiger partial charge in [-0.1, -0.05) is 0 Å². The van der Waals surface area contributed by atoms with E-state index in [1.807, 2.05) is 0 Å². The van der Waals surface area contributed by atoms with Gasteiger partial charge >= 0.3 is 5.69 Å². The molecule has 10 heteroatoms. The molecule has 3 N–H and O–H groups in total. The molecule has 0 aliphatic carbocycles. The standard InChI is InChI=1S/C14H15N5O5/c15-13-10(8-16-14(20)17-13)4-2-1-3-9-5-6-11(18(21)22)7-12(9)19(23)24/h5-8H,1-4H2,(H3,15,16,17,20). The lowest BCUT2D eigenvalue weighted by molar-refractivity contribution is -0.394. The molecular weight excluding hydrogens is 318 g/mol. The van der Waals surface area contributed by atoms with E-state index in [1.165, 1.54) is 18.3 Å². The van der Waals surface area contributed by atoms with Crippen molar-refractivity contribution in [3.05, 3.63) is 66.2 Å². The monoisotopic (exact) mass is 333 g/mol. The van der Waals surface area contributed by atoms with Crippen molar-refractivity contribution in [1.29, 1.82) is 0 Å². The molecule has 0 spiro atoms. The summed E-state index contributed by atoms with van der Waals surface area (Å²) in [5, 5.41) is 21.8. The number of H-pyrrole nitrogens is 1. The molecule has 126 valence electrons. The van der Waals surface area contributed by atoms with Gasteiger partial charge in [0.25, 0.3) is 11.4 Å². The number of aromatic nitrogens is 2. The fourth-order valence-corrected chi connectivity index (χ4v) is 2.31. The van der Waals surface area contributed by atoms with Gasteiger partial charge in [0.05, 0.1) is 15.9 Å². The zero-order chi connectivity index (χ0) is 17.7. The molecule has 24 heavy (non-hydrogen) atoms. The lowest BCUT2D eigenvalue weighted by Crippen LogP contribution is -2.14. The van der Waals surface area contributed by atoms with Crippen LogP contribution in [-0.4, -0.2) is 19.8 Å². The van der Waals surface area contributed by atoms with Crippen molar-refractivity contribution in [1.82, 2.24) is 9.97 Å². The number of nitrogens with two attached hydrogens (primary N) is 1. The van der Waals surface area contributed by atoms with Crippen LogP contribution in [0.4, 0.5) is 17.2 Å². The number of nitro groups is 2. The first-order valence-electron chi connectivity index (χ1n) is 7.14. The van der Waals surface area contributed by atoms with E-state index in [1.54, 1.807) is 0 Å². The first-order valence-corrected chi connectivity index (χ1v) is 7.14. The Balaban J connectivity index is 2.00. The molecule has 0 radical (unpaired) electrons. The maximum atomic E-state index is 11.1. The number of aryl methyl sites for hydroxylation is 2. The van der Waals surface area contributed by atoms with Gasteiger partial charge in [0.15, 0.2) is 0 Å². The molecule has 2 aromatic rings. The molecule has 0 fully saturated rings. The second-order valence-corrected chi connectivity index (χ2v) is 5.16. The zero-order valence-corrected chi connectivity index (χ0v) is 12.6. The lowest BCUT2D eigenvalue weighted by Gasteiger charge is -2.05. The Morgan fingerprint density at radius 2 is 1.75 bits per heavy atom. The van der Waals surface area contributed by atoms with Crippen molar-refractivity contribution < 1.29 is 9.85 Å². The predicted octanol–water partition coefficient (Wildman–Crippen LogP) is 1.73. The van der Waals surface area contributed by atoms with E-state index in [0.717, 1.165) is 6.07 Å². The second kappa shape index (κ2) is 7.31. The number of rotatable bonds is 7. The number of anilines is 1. The number of benzene rings is 1. The highest BCUT2D eigenvalue weighted by Gasteiger charge is 2.18. The number of nitrogens with one attached hydrogen (secondary N) is 1. The quantitative estimate of drug-likeness (QED) is 0.443. The Kier molecular flexibility index (Phi) is 5.20. The molecule has 10 nitrogen and oxygen atoms in total. The third-order valence-corrected chi connectivity index (χ3v) is 3.54. The number of non-ortho nitro benzene ring substituents is 1. The Bertz CT molecular complexity index is 833. The zero-order valence-electron chi connectivity index (χ0n) is 12.6. The van der Waals surface area contributed by atoms with Crippen LogP contribution < -0.4 is 11.4 Å². The van der Waals surface area contributed by atoms with Crippen LogP contribution in [0.2, 0.25) is 0 Å². The maximum absolute atomic E-state index is 11.1. The van der Waals surface area contributed by atoms with Gasteiger partial charge in [0.2, 0.25) is 0 Å². The molecule has 1 aromatic heterocycles. The highest BCUT2D eigenvalue weighted by Crippen LogP contribution is 2.26. The third kappa shape index (κ3) is 4.12. The van der Waals surface area contributed by atoms with Crippen molar-refractivity contribution in [3.8, 4) is 0 Å². The van der Waals surface area contributed by atoms with Gasteiger partial charge in [-0.15, -0.1) is 0 Å². The average Bonchev–Trinajstić information content (AvgIpc) is 2.52. The summed E-state index contributed by atoms with van der Waals surface area (Å²) in [7, 11) is 0. The van der Waals surface area contributed by atoms with Gasteiger partial charge in [-0.05, 0) is 31.7 Å². The lowest BCUT2D eigenvalue weighted by atomic mass is 10.0. The first kappa shape index (κ1) is 17.1. The van der Waals surface area contributed by atoms with Crippen LogP contribution in [0.25, 0.3) is 0 Å². The molecule has 0 atom stereocenters. The van der Waals surface area contributed by atoms with E-state index in [0.29, 0.717) is 36.8 Å². The van der Waals surface area contributed by atoms with E-state index >= 15 is 0 Å². The van der Waals surface area contributed by atoms with E-state index < -0.39 is 15.5 Å². The number of nitro benzene ring substituents is 2. The highest BCUT2D eigenvalue weighted by atomic mass is 16.6. The number of aromatic amines is 1. The van der Waals surface area contributed by atoms with Crippen LogP contribution in [0.15, 0.2) is 29.2 Å². The molecule has 1 heterocycles. The molecule has 0 amide bonds. The summed E-state index contributed by atoms with van der Waals surface area (Å²) in [6, 6.07) is 3.64. The van der Waals surface area contributed by atoms with Crippen LogP contribution in [0.5, 0.6) is 0 Å². The van der Waals surface area contributed by atoms with E-state index in [-0.39, 0.29) is 17.2 Å². The van der Waals surface area contributed by atoms with Crippen molar-refractivity contribution in [3.63, 3.8) is 0 Å². The van der Waals surface area contributed by atoms with Gasteiger partial charge in [-0.2, -0.15) is 0 Å². The minimum atomic E-state index is -0.664. The van der Waals surface area contributed by atoms with Gasteiger partial charge in [-0.3, -0.25) is 25.2 Å². The normalized spacial score (nSPS) is 10.5. The molecule has 0 aliphatic rings. The Labute approximate surface area is 135 Å². The van der Waals surface area contributed by atoms with Crippen LogP contribution in [0, 0.1) is 20.2 Å². The third-order valence-electron chi connectivity index (χ3n) is 3.54. The largest absolute Gasteiger partial charge is 0.385 e. The Morgan fingerprint density at radius 1 is 1.08 bits per heavy atom. The summed E-state index contributed by atoms with van der Waals surface area (Å²) in [5.41, 5.74) is 5.74. The van der Waals surface area contributed by atoms with Crippen LogP contribution >= 0.6 is 0 Å². The molecule has 0 aliphatic heterocycles. The minimum absolute atomic E-state index is 0.255. The van der Waals surface area contributed by atoms with Gasteiger partial charge < -0.3 is 5.73 Å². The number of hydrogen-bond acceptors (Lipinski definition) is 7. The summed E-state index contributed by atoms with van der Waals surface area (Å²) in [5.74, 6) is 0.260. The molecule has 0 bridgehead atoms. The SMILES string of the molecule is Nc1[nH]c(=O)ncc1CCCCc1ccc([N+](=O)[O-])cc1[N+](=O)[O-]. The molecular formula is C14H15N5O5. The Hall–Kier alpha value is -3.30. The number of nitrogen functional groups attached to an aromatic ring is 1. The van der Waals surface area contributed by atoms with E-state index in [9.17, 15) is 25.0 Å². The van der Waals surface area contributed by atoms with Crippen LogP contribution in [0.1, 0.15) is 24.0 Å². The van der Waals surface area contributed by atoms with Crippen molar-refractivity contribution in [2.24, 2.45) is 0 Å². The molecule has 0 saturated heterocycles. The summed E-state index contributed by atoms with van der Waals surface area (Å²) in [4.78, 5) is 37.4. The summed E-state index contributed by atoms with van der Waals surface area (Å²) in [6.45, 7) is 0. The fourth-order valence-electron chi connectivity index (χ4n) is 2.31. The summed E-state index contributed by atoms with van der Waals surface area (Å²) in [6.07, 6.45) is 3.67.